The largest absolute Gasteiger partial charge is 0.483 e. The Morgan fingerprint density at radius 2 is 1.89 bits per heavy atom. The molecule has 1 aliphatic heterocycles. The van der Waals surface area contributed by atoms with Crippen LogP contribution in [0.2, 0.25) is 0 Å². The van der Waals surface area contributed by atoms with Crippen LogP contribution in [0.4, 0.5) is 5.69 Å². The highest BCUT2D eigenvalue weighted by molar-refractivity contribution is 5.61. The molecule has 2 nitrogen and oxygen atoms in total. The van der Waals surface area contributed by atoms with E-state index in [2.05, 4.69) is 44.3 Å². The second kappa shape index (κ2) is 3.91. The van der Waals surface area contributed by atoms with Gasteiger partial charge in [-0.25, -0.2) is 0 Å². The van der Waals surface area contributed by atoms with Crippen LogP contribution in [0.1, 0.15) is 52.0 Å². The van der Waals surface area contributed by atoms with Gasteiger partial charge in [-0.15, -0.1) is 0 Å². The summed E-state index contributed by atoms with van der Waals surface area (Å²) in [5, 5.41) is 3.58. The fourth-order valence-corrected chi connectivity index (χ4v) is 3.05. The molecule has 1 fully saturated rings. The molecule has 1 aliphatic carbocycles. The third kappa shape index (κ3) is 1.98. The SMILES string of the molecule is CC(C)(C)c1ccc2c(c1)NCC1(CCCC1)O2. The number of fused-ring (bicyclic) bond motifs is 1. The first-order chi connectivity index (χ1) is 8.49. The molecule has 1 aromatic rings. The van der Waals surface area contributed by atoms with Crippen LogP contribution in [0.3, 0.4) is 0 Å². The second-order valence-electron chi connectivity index (χ2n) is 6.81. The summed E-state index contributed by atoms with van der Waals surface area (Å²) in [6.07, 6.45) is 5.00. The zero-order valence-corrected chi connectivity index (χ0v) is 11.7. The van der Waals surface area contributed by atoms with E-state index >= 15 is 0 Å². The van der Waals surface area contributed by atoms with Crippen LogP contribution >= 0.6 is 0 Å². The van der Waals surface area contributed by atoms with Gasteiger partial charge in [0.15, 0.2) is 0 Å². The average Bonchev–Trinajstić information content (AvgIpc) is 2.75. The molecular formula is C16H23NO. The van der Waals surface area contributed by atoms with Gasteiger partial charge in [-0.1, -0.05) is 26.8 Å². The summed E-state index contributed by atoms with van der Waals surface area (Å²) in [6.45, 7) is 7.71. The molecule has 0 radical (unpaired) electrons. The highest BCUT2D eigenvalue weighted by Gasteiger charge is 2.39. The van der Waals surface area contributed by atoms with Crippen molar-refractivity contribution in [2.45, 2.75) is 57.5 Å². The van der Waals surface area contributed by atoms with Crippen LogP contribution in [0, 0.1) is 0 Å². The van der Waals surface area contributed by atoms with Gasteiger partial charge in [0.2, 0.25) is 0 Å². The molecule has 0 aromatic heterocycles. The van der Waals surface area contributed by atoms with Crippen molar-refractivity contribution in [3.63, 3.8) is 0 Å². The molecule has 1 heterocycles. The van der Waals surface area contributed by atoms with E-state index in [4.69, 9.17) is 4.74 Å². The van der Waals surface area contributed by atoms with Crippen molar-refractivity contribution in [1.82, 2.24) is 0 Å². The molecule has 2 heteroatoms. The van der Waals surface area contributed by atoms with Crippen LogP contribution in [0.5, 0.6) is 5.75 Å². The number of anilines is 1. The lowest BCUT2D eigenvalue weighted by Crippen LogP contribution is -2.43. The Kier molecular flexibility index (Phi) is 2.58. The summed E-state index contributed by atoms with van der Waals surface area (Å²) in [5.74, 6) is 1.04. The fourth-order valence-electron chi connectivity index (χ4n) is 3.05. The van der Waals surface area contributed by atoms with E-state index in [1.807, 2.05) is 0 Å². The van der Waals surface area contributed by atoms with Gasteiger partial charge in [-0.05, 0) is 48.8 Å². The van der Waals surface area contributed by atoms with Gasteiger partial charge >= 0.3 is 0 Å². The van der Waals surface area contributed by atoms with Gasteiger partial charge in [0.05, 0.1) is 12.2 Å². The zero-order chi connectivity index (χ0) is 12.8. The number of nitrogens with one attached hydrogen (secondary N) is 1. The summed E-state index contributed by atoms with van der Waals surface area (Å²) in [6, 6.07) is 6.59. The minimum atomic E-state index is 0.0796. The molecule has 0 saturated heterocycles. The summed E-state index contributed by atoms with van der Waals surface area (Å²) < 4.78 is 6.29. The lowest BCUT2D eigenvalue weighted by atomic mass is 9.86. The lowest BCUT2D eigenvalue weighted by molar-refractivity contribution is 0.0829. The van der Waals surface area contributed by atoms with Crippen LogP contribution in [0.25, 0.3) is 0 Å². The van der Waals surface area contributed by atoms with E-state index in [0.717, 1.165) is 12.3 Å². The van der Waals surface area contributed by atoms with E-state index in [9.17, 15) is 0 Å². The second-order valence-corrected chi connectivity index (χ2v) is 6.81. The van der Waals surface area contributed by atoms with Crippen LogP contribution in [0.15, 0.2) is 18.2 Å². The van der Waals surface area contributed by atoms with E-state index in [0.29, 0.717) is 0 Å². The molecule has 1 saturated carbocycles. The molecule has 1 spiro atoms. The van der Waals surface area contributed by atoms with Gasteiger partial charge in [-0.2, -0.15) is 0 Å². The molecule has 3 rings (SSSR count). The highest BCUT2D eigenvalue weighted by Crippen LogP contribution is 2.42. The van der Waals surface area contributed by atoms with E-state index in [1.165, 1.54) is 36.9 Å². The van der Waals surface area contributed by atoms with Crippen molar-refractivity contribution in [3.05, 3.63) is 23.8 Å². The maximum Gasteiger partial charge on any atom is 0.143 e. The van der Waals surface area contributed by atoms with Crippen molar-refractivity contribution >= 4 is 5.69 Å². The number of ether oxygens (including phenoxy) is 1. The van der Waals surface area contributed by atoms with E-state index in [-0.39, 0.29) is 11.0 Å². The minimum absolute atomic E-state index is 0.0796. The lowest BCUT2D eigenvalue weighted by Gasteiger charge is -2.37. The molecule has 1 N–H and O–H groups in total. The van der Waals surface area contributed by atoms with Crippen LogP contribution in [-0.2, 0) is 5.41 Å². The van der Waals surface area contributed by atoms with Gasteiger partial charge in [0, 0.05) is 0 Å². The molecular weight excluding hydrogens is 222 g/mol. The molecule has 18 heavy (non-hydrogen) atoms. The minimum Gasteiger partial charge on any atom is -0.483 e. The predicted octanol–water partition coefficient (Wildman–Crippen LogP) is 4.10. The summed E-state index contributed by atoms with van der Waals surface area (Å²) in [4.78, 5) is 0. The smallest absolute Gasteiger partial charge is 0.143 e. The Bertz CT molecular complexity index is 453. The normalized spacial score (nSPS) is 21.3. The predicted molar refractivity (Wildman–Crippen MR) is 75.5 cm³/mol. The molecule has 0 bridgehead atoms. The van der Waals surface area contributed by atoms with Crippen molar-refractivity contribution in [2.75, 3.05) is 11.9 Å². The number of hydrogen-bond donors (Lipinski definition) is 1. The van der Waals surface area contributed by atoms with Crippen molar-refractivity contribution in [1.29, 1.82) is 0 Å². The first-order valence-corrected chi connectivity index (χ1v) is 7.06. The Balaban J connectivity index is 1.90. The number of rotatable bonds is 0. The van der Waals surface area contributed by atoms with Crippen molar-refractivity contribution in [3.8, 4) is 5.75 Å². The Morgan fingerprint density at radius 1 is 1.17 bits per heavy atom. The van der Waals surface area contributed by atoms with Crippen LogP contribution in [-0.4, -0.2) is 12.1 Å². The van der Waals surface area contributed by atoms with Gasteiger partial charge < -0.3 is 10.1 Å². The summed E-state index contributed by atoms with van der Waals surface area (Å²) in [7, 11) is 0. The first kappa shape index (κ1) is 11.9. The van der Waals surface area contributed by atoms with E-state index < -0.39 is 0 Å². The summed E-state index contributed by atoms with van der Waals surface area (Å²) >= 11 is 0. The van der Waals surface area contributed by atoms with Crippen LogP contribution < -0.4 is 10.1 Å². The molecule has 98 valence electrons. The summed E-state index contributed by atoms with van der Waals surface area (Å²) in [5.41, 5.74) is 2.80. The number of hydrogen-bond acceptors (Lipinski definition) is 2. The van der Waals surface area contributed by atoms with Gasteiger partial charge in [0.25, 0.3) is 0 Å². The standard InChI is InChI=1S/C16H23NO/c1-15(2,3)12-6-7-14-13(10-12)17-11-16(18-14)8-4-5-9-16/h6-7,10,17H,4-5,8-9,11H2,1-3H3. The van der Waals surface area contributed by atoms with Gasteiger partial charge in [0.1, 0.15) is 11.4 Å². The first-order valence-electron chi connectivity index (χ1n) is 7.06. The maximum atomic E-state index is 6.29. The average molecular weight is 245 g/mol. The Labute approximate surface area is 110 Å². The third-order valence-corrected chi connectivity index (χ3v) is 4.29. The molecule has 2 aliphatic rings. The van der Waals surface area contributed by atoms with E-state index in [1.54, 1.807) is 0 Å². The molecule has 0 atom stereocenters. The van der Waals surface area contributed by atoms with Crippen molar-refractivity contribution < 1.29 is 4.74 Å². The quantitative estimate of drug-likeness (QED) is 0.743. The van der Waals surface area contributed by atoms with Gasteiger partial charge in [-0.3, -0.25) is 0 Å². The third-order valence-electron chi connectivity index (χ3n) is 4.29. The highest BCUT2D eigenvalue weighted by atomic mass is 16.5. The molecule has 0 amide bonds. The maximum absolute atomic E-state index is 6.29. The Hall–Kier alpha value is -1.18. The topological polar surface area (TPSA) is 21.3 Å². The monoisotopic (exact) mass is 245 g/mol. The number of benzene rings is 1. The molecule has 1 aromatic carbocycles. The van der Waals surface area contributed by atoms with Crippen molar-refractivity contribution in [2.24, 2.45) is 0 Å². The Morgan fingerprint density at radius 3 is 2.56 bits per heavy atom. The fraction of sp³-hybridized carbons (Fsp3) is 0.625. The zero-order valence-electron chi connectivity index (χ0n) is 11.7. The molecule has 0 unspecified atom stereocenters.